The van der Waals surface area contributed by atoms with Crippen LogP contribution in [0.3, 0.4) is 0 Å². The van der Waals surface area contributed by atoms with Crippen molar-refractivity contribution in [3.63, 3.8) is 0 Å². The third-order valence-electron chi connectivity index (χ3n) is 4.53. The zero-order chi connectivity index (χ0) is 20.7. The smallest absolute Gasteiger partial charge is 0.301 e. The molecule has 0 spiro atoms. The first-order chi connectivity index (χ1) is 13.9. The van der Waals surface area contributed by atoms with Gasteiger partial charge in [0, 0.05) is 17.2 Å². The van der Waals surface area contributed by atoms with Gasteiger partial charge in [0.2, 0.25) is 0 Å². The van der Waals surface area contributed by atoms with Crippen molar-refractivity contribution in [2.45, 2.75) is 0 Å². The number of phenolic OH excluding ortho intramolecular Hbond substituents is 2. The average molecular weight is 392 g/mol. The molecule has 0 unspecified atom stereocenters. The van der Waals surface area contributed by atoms with Gasteiger partial charge in [-0.25, -0.2) is 0 Å². The maximum absolute atomic E-state index is 11.3. The molecule has 0 aromatic heterocycles. The Bertz CT molecular complexity index is 1220. The molecule has 0 saturated carbocycles. The molecule has 0 bridgehead atoms. The van der Waals surface area contributed by atoms with Crippen LogP contribution in [0.4, 0.5) is 17.1 Å². The van der Waals surface area contributed by atoms with Gasteiger partial charge < -0.3 is 10.2 Å². The van der Waals surface area contributed by atoms with Crippen molar-refractivity contribution in [3.05, 3.63) is 86.0 Å². The molecule has 0 heterocycles. The van der Waals surface area contributed by atoms with Crippen LogP contribution in [-0.4, -0.2) is 25.8 Å². The molecular formula is C19H12N4O6. The maximum atomic E-state index is 11.3. The first-order valence-electron chi connectivity index (χ1n) is 8.30. The van der Waals surface area contributed by atoms with Crippen LogP contribution in [0.25, 0.3) is 11.1 Å². The number of nitro benzene ring substituents is 2. The fraction of sp³-hybridized carbons (Fsp3) is 0. The van der Waals surface area contributed by atoms with Gasteiger partial charge in [-0.05, 0) is 23.8 Å². The summed E-state index contributed by atoms with van der Waals surface area (Å²) in [4.78, 5) is 20.7. The number of anilines is 1. The van der Waals surface area contributed by atoms with Crippen LogP contribution in [0.2, 0.25) is 0 Å². The normalized spacial score (nSPS) is 13.0. The van der Waals surface area contributed by atoms with Crippen molar-refractivity contribution < 1.29 is 20.1 Å². The van der Waals surface area contributed by atoms with E-state index < -0.39 is 21.2 Å². The standard InChI is InChI=1S/C19H12N4O6/c24-15-7-8-16(25)18-17(15)11-3-1-2-4-12(11)19(18)21-20-13-6-5-10(22(26)27)9-14(13)23(28)29/h1-9,20,24-25H. The van der Waals surface area contributed by atoms with Crippen LogP contribution in [0.1, 0.15) is 11.1 Å². The Kier molecular flexibility index (Phi) is 4.08. The number of non-ortho nitro benzene ring substituents is 1. The molecule has 10 nitrogen and oxygen atoms in total. The molecule has 144 valence electrons. The Balaban J connectivity index is 1.84. The van der Waals surface area contributed by atoms with Gasteiger partial charge in [-0.15, -0.1) is 0 Å². The van der Waals surface area contributed by atoms with Gasteiger partial charge in [0.05, 0.1) is 21.5 Å². The quantitative estimate of drug-likeness (QED) is 0.272. The number of phenols is 2. The number of nitrogens with zero attached hydrogens (tertiary/aromatic N) is 3. The topological polar surface area (TPSA) is 151 Å². The second kappa shape index (κ2) is 6.60. The molecule has 0 saturated heterocycles. The molecule has 3 aromatic carbocycles. The fourth-order valence-corrected chi connectivity index (χ4v) is 3.25. The van der Waals surface area contributed by atoms with Gasteiger partial charge in [0.1, 0.15) is 22.9 Å². The number of benzene rings is 3. The van der Waals surface area contributed by atoms with Crippen molar-refractivity contribution in [1.82, 2.24) is 0 Å². The van der Waals surface area contributed by atoms with Gasteiger partial charge in [-0.1, -0.05) is 24.3 Å². The summed E-state index contributed by atoms with van der Waals surface area (Å²) in [6.45, 7) is 0. The molecule has 0 radical (unpaired) electrons. The highest BCUT2D eigenvalue weighted by Crippen LogP contribution is 2.46. The molecule has 29 heavy (non-hydrogen) atoms. The van der Waals surface area contributed by atoms with Gasteiger partial charge in [-0.2, -0.15) is 5.10 Å². The summed E-state index contributed by atoms with van der Waals surface area (Å²) in [5.74, 6) is -0.162. The Morgan fingerprint density at radius 3 is 2.14 bits per heavy atom. The maximum Gasteiger partial charge on any atom is 0.301 e. The summed E-state index contributed by atoms with van der Waals surface area (Å²) >= 11 is 0. The average Bonchev–Trinajstić information content (AvgIpc) is 3.04. The zero-order valence-electron chi connectivity index (χ0n) is 14.6. The van der Waals surface area contributed by atoms with Gasteiger partial charge in [0.15, 0.2) is 0 Å². The minimum Gasteiger partial charge on any atom is -0.507 e. The molecule has 0 amide bonds. The summed E-state index contributed by atoms with van der Waals surface area (Å²) in [6, 6.07) is 12.8. The Morgan fingerprint density at radius 2 is 1.48 bits per heavy atom. The molecule has 0 fully saturated rings. The van der Waals surface area contributed by atoms with Gasteiger partial charge in [0.25, 0.3) is 5.69 Å². The van der Waals surface area contributed by atoms with Gasteiger partial charge >= 0.3 is 5.69 Å². The van der Waals surface area contributed by atoms with E-state index in [0.717, 1.165) is 12.1 Å². The van der Waals surface area contributed by atoms with E-state index >= 15 is 0 Å². The molecule has 3 aromatic rings. The Hall–Kier alpha value is -4.47. The van der Waals surface area contributed by atoms with Crippen molar-refractivity contribution in [3.8, 4) is 22.6 Å². The number of aromatic hydroxyl groups is 2. The van der Waals surface area contributed by atoms with E-state index in [1.165, 1.54) is 18.2 Å². The lowest BCUT2D eigenvalue weighted by Gasteiger charge is -2.07. The first-order valence-corrected chi connectivity index (χ1v) is 8.30. The van der Waals surface area contributed by atoms with E-state index in [4.69, 9.17) is 0 Å². The van der Waals surface area contributed by atoms with Crippen molar-refractivity contribution >= 4 is 22.8 Å². The van der Waals surface area contributed by atoms with Crippen LogP contribution in [0.5, 0.6) is 11.5 Å². The zero-order valence-corrected chi connectivity index (χ0v) is 14.6. The van der Waals surface area contributed by atoms with E-state index in [-0.39, 0.29) is 28.5 Å². The minimum atomic E-state index is -0.755. The minimum absolute atomic E-state index is 0.0447. The Labute approximate surface area is 162 Å². The third kappa shape index (κ3) is 2.88. The van der Waals surface area contributed by atoms with Crippen molar-refractivity contribution in [2.24, 2.45) is 5.10 Å². The number of hydrogen-bond donors (Lipinski definition) is 3. The highest BCUT2D eigenvalue weighted by Gasteiger charge is 2.30. The molecule has 4 rings (SSSR count). The number of rotatable bonds is 4. The molecule has 1 aliphatic rings. The van der Waals surface area contributed by atoms with Crippen LogP contribution in [0.15, 0.2) is 59.7 Å². The summed E-state index contributed by atoms with van der Waals surface area (Å²) in [7, 11) is 0. The van der Waals surface area contributed by atoms with E-state index in [1.54, 1.807) is 24.3 Å². The summed E-state index contributed by atoms with van der Waals surface area (Å²) in [5, 5.41) is 47.0. The molecular weight excluding hydrogens is 380 g/mol. The lowest BCUT2D eigenvalue weighted by molar-refractivity contribution is -0.393. The summed E-state index contributed by atoms with van der Waals surface area (Å²) < 4.78 is 0. The fourth-order valence-electron chi connectivity index (χ4n) is 3.25. The monoisotopic (exact) mass is 392 g/mol. The van der Waals surface area contributed by atoms with E-state index in [2.05, 4.69) is 10.5 Å². The second-order valence-corrected chi connectivity index (χ2v) is 6.19. The highest BCUT2D eigenvalue weighted by molar-refractivity contribution is 6.26. The molecule has 0 atom stereocenters. The number of nitrogens with one attached hydrogen (secondary N) is 1. The Morgan fingerprint density at radius 1 is 0.828 bits per heavy atom. The lowest BCUT2D eigenvalue weighted by Crippen LogP contribution is -2.04. The molecule has 3 N–H and O–H groups in total. The molecule has 10 heteroatoms. The van der Waals surface area contributed by atoms with E-state index in [1.807, 2.05) is 0 Å². The SMILES string of the molecule is O=[N+]([O-])c1ccc(NN=C2c3ccccc3-c3c(O)ccc(O)c32)c([N+](=O)[O-])c1. The van der Waals surface area contributed by atoms with E-state index in [9.17, 15) is 30.4 Å². The third-order valence-corrected chi connectivity index (χ3v) is 4.53. The predicted molar refractivity (Wildman–Crippen MR) is 104 cm³/mol. The molecule has 1 aliphatic carbocycles. The van der Waals surface area contributed by atoms with Crippen LogP contribution in [-0.2, 0) is 0 Å². The van der Waals surface area contributed by atoms with E-state index in [0.29, 0.717) is 16.7 Å². The van der Waals surface area contributed by atoms with Crippen molar-refractivity contribution in [1.29, 1.82) is 0 Å². The van der Waals surface area contributed by atoms with Crippen LogP contribution in [0, 0.1) is 20.2 Å². The van der Waals surface area contributed by atoms with Crippen molar-refractivity contribution in [2.75, 3.05) is 5.43 Å². The number of fused-ring (bicyclic) bond motifs is 3. The molecule has 0 aliphatic heterocycles. The van der Waals surface area contributed by atoms with Crippen LogP contribution >= 0.6 is 0 Å². The number of nitro groups is 2. The summed E-state index contributed by atoms with van der Waals surface area (Å²) in [6.07, 6.45) is 0. The van der Waals surface area contributed by atoms with Crippen LogP contribution < -0.4 is 5.43 Å². The largest absolute Gasteiger partial charge is 0.507 e. The lowest BCUT2D eigenvalue weighted by atomic mass is 10.0. The highest BCUT2D eigenvalue weighted by atomic mass is 16.6. The number of hydrogen-bond acceptors (Lipinski definition) is 8. The summed E-state index contributed by atoms with van der Waals surface area (Å²) in [5.41, 5.74) is 3.78. The first kappa shape index (κ1) is 17.9. The predicted octanol–water partition coefficient (Wildman–Crippen LogP) is 3.76. The van der Waals surface area contributed by atoms with Gasteiger partial charge in [-0.3, -0.25) is 25.7 Å². The second-order valence-electron chi connectivity index (χ2n) is 6.19. The number of hydrazone groups is 1.